The minimum Gasteiger partial charge on any atom is -0.335 e. The first-order valence-electron chi connectivity index (χ1n) is 7.44. The minimum absolute atomic E-state index is 0.203. The Balaban J connectivity index is 2.00. The fraction of sp³-hybridized carbons (Fsp3) is 0.400. The van der Waals surface area contributed by atoms with E-state index in [0.717, 1.165) is 0 Å². The molecule has 128 valence electrons. The Hall–Kier alpha value is -2.42. The lowest BCUT2D eigenvalue weighted by molar-refractivity contribution is -0.143. The van der Waals surface area contributed by atoms with Crippen LogP contribution in [0.4, 0.5) is 13.2 Å². The number of benzene rings is 1. The van der Waals surface area contributed by atoms with Gasteiger partial charge in [0.2, 0.25) is 0 Å². The maximum absolute atomic E-state index is 13.5. The standard InChI is InChI=1S/C15H16F3N5O/c1-21-7-9-22(10-8-21)14(24)12-13(15(16,17)18)23(20-19-12)11-5-3-2-4-6-11/h2-6H,7-10H2,1H3. The van der Waals surface area contributed by atoms with Crippen LogP contribution >= 0.6 is 0 Å². The fourth-order valence-electron chi connectivity index (χ4n) is 2.59. The van der Waals surface area contributed by atoms with E-state index in [1.807, 2.05) is 11.9 Å². The van der Waals surface area contributed by atoms with Gasteiger partial charge in [-0.3, -0.25) is 4.79 Å². The van der Waals surface area contributed by atoms with Crippen LogP contribution in [-0.4, -0.2) is 63.9 Å². The first-order chi connectivity index (χ1) is 11.4. The van der Waals surface area contributed by atoms with Crippen molar-refractivity contribution in [1.29, 1.82) is 0 Å². The number of likely N-dealkylation sites (N-methyl/N-ethyl adjacent to an activating group) is 1. The number of nitrogens with zero attached hydrogens (tertiary/aromatic N) is 5. The largest absolute Gasteiger partial charge is 0.435 e. The maximum atomic E-state index is 13.5. The molecule has 1 fully saturated rings. The van der Waals surface area contributed by atoms with E-state index in [1.165, 1.54) is 17.0 Å². The van der Waals surface area contributed by atoms with Gasteiger partial charge in [-0.2, -0.15) is 13.2 Å². The van der Waals surface area contributed by atoms with E-state index in [0.29, 0.717) is 30.9 Å². The van der Waals surface area contributed by atoms with Crippen molar-refractivity contribution >= 4 is 5.91 Å². The lowest BCUT2D eigenvalue weighted by Gasteiger charge is -2.32. The van der Waals surface area contributed by atoms with Crippen molar-refractivity contribution < 1.29 is 18.0 Å². The molecule has 1 aliphatic heterocycles. The number of aromatic nitrogens is 3. The molecule has 0 unspecified atom stereocenters. The van der Waals surface area contributed by atoms with Crippen LogP contribution in [0.15, 0.2) is 30.3 Å². The third-order valence-electron chi connectivity index (χ3n) is 3.93. The third-order valence-corrected chi connectivity index (χ3v) is 3.93. The summed E-state index contributed by atoms with van der Waals surface area (Å²) in [5.41, 5.74) is -1.59. The topological polar surface area (TPSA) is 54.3 Å². The summed E-state index contributed by atoms with van der Waals surface area (Å²) in [6, 6.07) is 7.84. The Morgan fingerprint density at radius 3 is 2.29 bits per heavy atom. The summed E-state index contributed by atoms with van der Waals surface area (Å²) in [5, 5.41) is 7.11. The average molecular weight is 339 g/mol. The Morgan fingerprint density at radius 2 is 1.71 bits per heavy atom. The number of para-hydroxylation sites is 1. The van der Waals surface area contributed by atoms with E-state index >= 15 is 0 Å². The van der Waals surface area contributed by atoms with Gasteiger partial charge in [0, 0.05) is 26.2 Å². The number of carbonyl (C=O) groups is 1. The predicted molar refractivity (Wildman–Crippen MR) is 79.8 cm³/mol. The van der Waals surface area contributed by atoms with E-state index in [4.69, 9.17) is 0 Å². The number of rotatable bonds is 2. The van der Waals surface area contributed by atoms with Gasteiger partial charge < -0.3 is 9.80 Å². The highest BCUT2D eigenvalue weighted by Gasteiger charge is 2.43. The molecule has 24 heavy (non-hydrogen) atoms. The normalized spacial score (nSPS) is 16.4. The number of hydrogen-bond acceptors (Lipinski definition) is 4. The molecule has 3 rings (SSSR count). The molecule has 0 bridgehead atoms. The summed E-state index contributed by atoms with van der Waals surface area (Å²) >= 11 is 0. The molecule has 1 amide bonds. The van der Waals surface area contributed by atoms with Crippen molar-refractivity contribution in [3.05, 3.63) is 41.7 Å². The molecule has 0 atom stereocenters. The number of alkyl halides is 3. The van der Waals surface area contributed by atoms with Crippen LogP contribution in [0.3, 0.4) is 0 Å². The van der Waals surface area contributed by atoms with Crippen LogP contribution in [0.2, 0.25) is 0 Å². The van der Waals surface area contributed by atoms with E-state index in [1.54, 1.807) is 18.2 Å². The summed E-state index contributed by atoms with van der Waals surface area (Å²) < 4.78 is 41.3. The second kappa shape index (κ2) is 6.23. The van der Waals surface area contributed by atoms with E-state index in [-0.39, 0.29) is 5.69 Å². The summed E-state index contributed by atoms with van der Waals surface area (Å²) in [7, 11) is 1.90. The minimum atomic E-state index is -4.74. The Kier molecular flexibility index (Phi) is 4.27. The van der Waals surface area contributed by atoms with Gasteiger partial charge in [0.15, 0.2) is 11.4 Å². The lowest BCUT2D eigenvalue weighted by Crippen LogP contribution is -2.47. The fourth-order valence-corrected chi connectivity index (χ4v) is 2.59. The zero-order valence-electron chi connectivity index (χ0n) is 13.0. The van der Waals surface area contributed by atoms with Gasteiger partial charge in [0.1, 0.15) is 0 Å². The highest BCUT2D eigenvalue weighted by atomic mass is 19.4. The van der Waals surface area contributed by atoms with Crippen LogP contribution in [-0.2, 0) is 6.18 Å². The zero-order valence-corrected chi connectivity index (χ0v) is 13.0. The van der Waals surface area contributed by atoms with Crippen LogP contribution in [0.5, 0.6) is 0 Å². The van der Waals surface area contributed by atoms with Crippen molar-refractivity contribution in [2.45, 2.75) is 6.18 Å². The second-order valence-corrected chi connectivity index (χ2v) is 5.63. The van der Waals surface area contributed by atoms with Crippen molar-refractivity contribution in [2.75, 3.05) is 33.2 Å². The van der Waals surface area contributed by atoms with Crippen molar-refractivity contribution in [3.63, 3.8) is 0 Å². The zero-order chi connectivity index (χ0) is 17.3. The summed E-state index contributed by atoms with van der Waals surface area (Å²) in [6.45, 7) is 1.95. The Labute approximate surface area is 136 Å². The Morgan fingerprint density at radius 1 is 1.08 bits per heavy atom. The quantitative estimate of drug-likeness (QED) is 0.835. The maximum Gasteiger partial charge on any atom is 0.435 e. The monoisotopic (exact) mass is 339 g/mol. The molecular weight excluding hydrogens is 323 g/mol. The van der Waals surface area contributed by atoms with Crippen molar-refractivity contribution in [2.24, 2.45) is 0 Å². The van der Waals surface area contributed by atoms with E-state index in [2.05, 4.69) is 10.3 Å². The molecule has 0 radical (unpaired) electrons. The lowest BCUT2D eigenvalue weighted by atomic mass is 10.2. The molecule has 0 aliphatic carbocycles. The SMILES string of the molecule is CN1CCN(C(=O)c2nnn(-c3ccccc3)c2C(F)(F)F)CC1. The summed E-state index contributed by atoms with van der Waals surface area (Å²) in [6.07, 6.45) is -4.74. The molecule has 2 heterocycles. The molecule has 1 aromatic heterocycles. The van der Waals surface area contributed by atoms with Gasteiger partial charge in [-0.25, -0.2) is 4.68 Å². The number of halogens is 3. The third kappa shape index (κ3) is 3.12. The van der Waals surface area contributed by atoms with Gasteiger partial charge in [-0.15, -0.1) is 5.10 Å². The summed E-state index contributed by atoms with van der Waals surface area (Å²) in [4.78, 5) is 15.9. The van der Waals surface area contributed by atoms with Crippen LogP contribution in [0, 0.1) is 0 Å². The number of amides is 1. The molecule has 1 aromatic carbocycles. The second-order valence-electron chi connectivity index (χ2n) is 5.63. The molecule has 1 aliphatic rings. The van der Waals surface area contributed by atoms with Gasteiger partial charge in [-0.05, 0) is 19.2 Å². The number of hydrogen-bond donors (Lipinski definition) is 0. The molecule has 0 saturated carbocycles. The van der Waals surface area contributed by atoms with Gasteiger partial charge in [-0.1, -0.05) is 23.4 Å². The van der Waals surface area contributed by atoms with Gasteiger partial charge in [0.25, 0.3) is 5.91 Å². The van der Waals surface area contributed by atoms with Crippen molar-refractivity contribution in [3.8, 4) is 5.69 Å². The van der Waals surface area contributed by atoms with E-state index in [9.17, 15) is 18.0 Å². The Bertz CT molecular complexity index is 720. The molecule has 0 spiro atoms. The highest BCUT2D eigenvalue weighted by Crippen LogP contribution is 2.33. The smallest absolute Gasteiger partial charge is 0.335 e. The number of piperazine rings is 1. The molecule has 6 nitrogen and oxygen atoms in total. The highest BCUT2D eigenvalue weighted by molar-refractivity contribution is 5.93. The summed E-state index contributed by atoms with van der Waals surface area (Å²) in [5.74, 6) is -0.738. The molecule has 1 saturated heterocycles. The van der Waals surface area contributed by atoms with Crippen LogP contribution in [0.25, 0.3) is 5.69 Å². The van der Waals surface area contributed by atoms with Gasteiger partial charge in [0.05, 0.1) is 5.69 Å². The molecule has 0 N–H and O–H groups in total. The van der Waals surface area contributed by atoms with Gasteiger partial charge >= 0.3 is 6.18 Å². The number of carbonyl (C=O) groups excluding carboxylic acids is 1. The van der Waals surface area contributed by atoms with Crippen LogP contribution < -0.4 is 0 Å². The van der Waals surface area contributed by atoms with Crippen molar-refractivity contribution in [1.82, 2.24) is 24.8 Å². The molecular formula is C15H16F3N5O. The van der Waals surface area contributed by atoms with E-state index < -0.39 is 23.5 Å². The molecule has 2 aromatic rings. The predicted octanol–water partition coefficient (Wildman–Crippen LogP) is 1.67. The first kappa shape index (κ1) is 16.4. The first-order valence-corrected chi connectivity index (χ1v) is 7.44. The molecule has 9 heteroatoms. The average Bonchev–Trinajstić information content (AvgIpc) is 3.01. The van der Waals surface area contributed by atoms with Crippen LogP contribution in [0.1, 0.15) is 16.2 Å².